The summed E-state index contributed by atoms with van der Waals surface area (Å²) < 4.78 is 12.1. The van der Waals surface area contributed by atoms with Gasteiger partial charge in [0.2, 0.25) is 5.91 Å². The fraction of sp³-hybridized carbons (Fsp3) is 0.333. The van der Waals surface area contributed by atoms with Crippen LogP contribution in [0.4, 0.5) is 0 Å². The van der Waals surface area contributed by atoms with E-state index < -0.39 is 5.63 Å². The number of hydrogen-bond acceptors (Lipinski definition) is 6. The number of hydrogen-bond donors (Lipinski definition) is 0. The summed E-state index contributed by atoms with van der Waals surface area (Å²) in [6.45, 7) is 2.71. The molecule has 8 heteroatoms. The van der Waals surface area contributed by atoms with Crippen molar-refractivity contribution >= 4 is 16.8 Å². The molecule has 0 unspecified atom stereocenters. The average Bonchev–Trinajstić information content (AvgIpc) is 2.70. The first kappa shape index (κ1) is 18.9. The van der Waals surface area contributed by atoms with Gasteiger partial charge in [-0.2, -0.15) is 0 Å². The zero-order chi connectivity index (χ0) is 20.4. The van der Waals surface area contributed by atoms with Gasteiger partial charge >= 0.3 is 5.63 Å². The van der Waals surface area contributed by atoms with Gasteiger partial charge in [-0.05, 0) is 19.1 Å². The van der Waals surface area contributed by atoms with Gasteiger partial charge in [0, 0.05) is 32.0 Å². The highest BCUT2D eigenvalue weighted by Gasteiger charge is 2.24. The quantitative estimate of drug-likeness (QED) is 0.668. The molecule has 0 bridgehead atoms. The molecule has 150 valence electrons. The third-order valence-corrected chi connectivity index (χ3v) is 5.00. The molecule has 3 aromatic rings. The summed E-state index contributed by atoms with van der Waals surface area (Å²) in [7, 11) is 0. The van der Waals surface area contributed by atoms with E-state index in [1.807, 2.05) is 6.07 Å². The Morgan fingerprint density at radius 1 is 1.21 bits per heavy atom. The predicted molar refractivity (Wildman–Crippen MR) is 106 cm³/mol. The van der Waals surface area contributed by atoms with E-state index in [0.717, 1.165) is 0 Å². The van der Waals surface area contributed by atoms with Crippen molar-refractivity contribution in [1.82, 2.24) is 14.5 Å². The number of aromatic nitrogens is 2. The van der Waals surface area contributed by atoms with Crippen LogP contribution >= 0.6 is 0 Å². The minimum absolute atomic E-state index is 0.0406. The molecular weight excluding hydrogens is 374 g/mol. The molecule has 1 amide bonds. The van der Waals surface area contributed by atoms with Gasteiger partial charge in [0.25, 0.3) is 5.56 Å². The number of carbonyl (C=O) groups excluding carboxylic acids is 1. The molecule has 0 radical (unpaired) electrons. The first-order valence-corrected chi connectivity index (χ1v) is 9.50. The molecule has 1 aliphatic heterocycles. The maximum Gasteiger partial charge on any atom is 0.339 e. The van der Waals surface area contributed by atoms with Crippen LogP contribution in [0.25, 0.3) is 10.9 Å². The fourth-order valence-electron chi connectivity index (χ4n) is 3.52. The van der Waals surface area contributed by atoms with E-state index in [1.54, 1.807) is 36.1 Å². The topological polar surface area (TPSA) is 94.6 Å². The van der Waals surface area contributed by atoms with E-state index in [1.165, 1.54) is 17.0 Å². The summed E-state index contributed by atoms with van der Waals surface area (Å²) in [6, 6.07) is 10.1. The van der Waals surface area contributed by atoms with Crippen molar-refractivity contribution in [2.24, 2.45) is 0 Å². The lowest BCUT2D eigenvalue weighted by atomic mass is 10.1. The van der Waals surface area contributed by atoms with E-state index in [0.29, 0.717) is 48.3 Å². The smallest absolute Gasteiger partial charge is 0.339 e. The monoisotopic (exact) mass is 395 g/mol. The van der Waals surface area contributed by atoms with Crippen LogP contribution in [0.15, 0.2) is 56.7 Å². The standard InChI is InChI=1S/C21H21N3O5/c1-14-10-16(11-20(26)28-14)29-15-6-8-23(9-7-15)19(25)12-24-13-22-18-5-3-2-4-17(18)21(24)27/h2-5,10-11,13,15H,6-9,12H2,1H3. The number of aryl methyl sites for hydroxylation is 1. The van der Waals surface area contributed by atoms with Crippen LogP contribution in [0.2, 0.25) is 0 Å². The molecule has 0 spiro atoms. The van der Waals surface area contributed by atoms with Crippen molar-refractivity contribution in [2.75, 3.05) is 13.1 Å². The lowest BCUT2D eigenvalue weighted by Crippen LogP contribution is -2.44. The lowest BCUT2D eigenvalue weighted by Gasteiger charge is -2.32. The van der Waals surface area contributed by atoms with Crippen molar-refractivity contribution in [1.29, 1.82) is 0 Å². The van der Waals surface area contributed by atoms with Crippen LogP contribution in [0.3, 0.4) is 0 Å². The Balaban J connectivity index is 1.37. The summed E-state index contributed by atoms with van der Waals surface area (Å²) in [5, 5.41) is 0.498. The Morgan fingerprint density at radius 3 is 2.72 bits per heavy atom. The van der Waals surface area contributed by atoms with Gasteiger partial charge in [0.15, 0.2) is 0 Å². The second-order valence-electron chi connectivity index (χ2n) is 7.12. The summed E-state index contributed by atoms with van der Waals surface area (Å²) in [4.78, 5) is 42.6. The van der Waals surface area contributed by atoms with Crippen molar-refractivity contribution in [3.8, 4) is 5.75 Å². The molecule has 8 nitrogen and oxygen atoms in total. The summed E-state index contributed by atoms with van der Waals surface area (Å²) in [6.07, 6.45) is 2.64. The van der Waals surface area contributed by atoms with Crippen molar-refractivity contribution < 1.29 is 13.9 Å². The molecule has 2 aromatic heterocycles. The lowest BCUT2D eigenvalue weighted by molar-refractivity contribution is -0.133. The zero-order valence-electron chi connectivity index (χ0n) is 16.0. The summed E-state index contributed by atoms with van der Waals surface area (Å²) in [5.41, 5.74) is -0.0492. The van der Waals surface area contributed by atoms with Gasteiger partial charge in [0.1, 0.15) is 24.2 Å². The van der Waals surface area contributed by atoms with Crippen molar-refractivity contribution in [3.63, 3.8) is 0 Å². The number of carbonyl (C=O) groups is 1. The maximum atomic E-state index is 12.7. The molecule has 0 aliphatic carbocycles. The van der Waals surface area contributed by atoms with E-state index in [4.69, 9.17) is 9.15 Å². The molecular formula is C21H21N3O5. The highest BCUT2D eigenvalue weighted by atomic mass is 16.5. The molecule has 0 N–H and O–H groups in total. The molecule has 1 fully saturated rings. The Hall–Kier alpha value is -3.42. The molecule has 1 aliphatic rings. The van der Waals surface area contributed by atoms with Crippen LogP contribution in [-0.4, -0.2) is 39.6 Å². The maximum absolute atomic E-state index is 12.7. The predicted octanol–water partition coefficient (Wildman–Crippen LogP) is 1.73. The van der Waals surface area contributed by atoms with Gasteiger partial charge in [-0.25, -0.2) is 9.78 Å². The molecule has 1 aromatic carbocycles. The largest absolute Gasteiger partial charge is 0.490 e. The number of ether oxygens (including phenoxy) is 1. The number of amides is 1. The minimum atomic E-state index is -0.443. The van der Waals surface area contributed by atoms with Crippen LogP contribution < -0.4 is 15.9 Å². The number of nitrogens with zero attached hydrogens (tertiary/aromatic N) is 3. The zero-order valence-corrected chi connectivity index (χ0v) is 16.0. The highest BCUT2D eigenvalue weighted by Crippen LogP contribution is 2.19. The Bertz CT molecular complexity index is 1160. The normalized spacial score (nSPS) is 14.9. The SMILES string of the molecule is Cc1cc(OC2CCN(C(=O)Cn3cnc4ccccc4c3=O)CC2)cc(=O)o1. The number of benzene rings is 1. The van der Waals surface area contributed by atoms with Crippen molar-refractivity contribution in [3.05, 3.63) is 69.3 Å². The molecule has 4 rings (SSSR count). The first-order chi connectivity index (χ1) is 14.0. The van der Waals surface area contributed by atoms with E-state index in [-0.39, 0.29) is 24.1 Å². The number of fused-ring (bicyclic) bond motifs is 1. The molecule has 0 atom stereocenters. The van der Waals surface area contributed by atoms with Crippen LogP contribution in [0.1, 0.15) is 18.6 Å². The molecule has 0 saturated carbocycles. The molecule has 1 saturated heterocycles. The molecule has 3 heterocycles. The van der Waals surface area contributed by atoms with Crippen LogP contribution in [0, 0.1) is 6.92 Å². The van der Waals surface area contributed by atoms with E-state index >= 15 is 0 Å². The van der Waals surface area contributed by atoms with E-state index in [2.05, 4.69) is 4.98 Å². The first-order valence-electron chi connectivity index (χ1n) is 9.50. The average molecular weight is 395 g/mol. The Morgan fingerprint density at radius 2 is 1.97 bits per heavy atom. The van der Waals surface area contributed by atoms with Crippen LogP contribution in [0.5, 0.6) is 5.75 Å². The van der Waals surface area contributed by atoms with Gasteiger partial charge in [-0.1, -0.05) is 12.1 Å². The summed E-state index contributed by atoms with van der Waals surface area (Å²) in [5.74, 6) is 0.852. The third kappa shape index (κ3) is 4.21. The molecule has 29 heavy (non-hydrogen) atoms. The highest BCUT2D eigenvalue weighted by molar-refractivity contribution is 5.79. The van der Waals surface area contributed by atoms with Gasteiger partial charge in [-0.15, -0.1) is 0 Å². The second-order valence-corrected chi connectivity index (χ2v) is 7.12. The fourth-order valence-corrected chi connectivity index (χ4v) is 3.52. The Labute approximate surface area is 166 Å². The van der Waals surface area contributed by atoms with Gasteiger partial charge in [0.05, 0.1) is 23.3 Å². The van der Waals surface area contributed by atoms with Gasteiger partial charge in [-0.3, -0.25) is 14.2 Å². The number of para-hydroxylation sites is 1. The summed E-state index contributed by atoms with van der Waals surface area (Å²) >= 11 is 0. The van der Waals surface area contributed by atoms with Crippen LogP contribution in [-0.2, 0) is 11.3 Å². The second kappa shape index (κ2) is 7.90. The van der Waals surface area contributed by atoms with E-state index in [9.17, 15) is 14.4 Å². The number of likely N-dealkylation sites (tertiary alicyclic amines) is 1. The number of rotatable bonds is 4. The van der Waals surface area contributed by atoms with Crippen molar-refractivity contribution in [2.45, 2.75) is 32.4 Å². The van der Waals surface area contributed by atoms with Gasteiger partial charge < -0.3 is 14.1 Å². The Kier molecular flexibility index (Phi) is 5.16. The third-order valence-electron chi connectivity index (χ3n) is 5.00. The minimum Gasteiger partial charge on any atom is -0.490 e. The number of piperidine rings is 1.